The number of urea groups is 1. The second-order valence-electron chi connectivity index (χ2n) is 7.13. The van der Waals surface area contributed by atoms with Crippen molar-refractivity contribution in [2.45, 2.75) is 19.3 Å². The lowest BCUT2D eigenvalue weighted by atomic mass is 9.79. The molecule has 4 rings (SSSR count). The highest BCUT2D eigenvalue weighted by atomic mass is 16.5. The van der Waals surface area contributed by atoms with Crippen LogP contribution < -0.4 is 4.90 Å². The second-order valence-corrected chi connectivity index (χ2v) is 7.13. The summed E-state index contributed by atoms with van der Waals surface area (Å²) in [5, 5.41) is 0. The molecule has 0 unspecified atom stereocenters. The van der Waals surface area contributed by atoms with Crippen molar-refractivity contribution in [3.63, 3.8) is 0 Å². The van der Waals surface area contributed by atoms with Gasteiger partial charge < -0.3 is 19.4 Å². The Balaban J connectivity index is 1.42. The lowest BCUT2D eigenvalue weighted by Crippen LogP contribution is -2.50. The lowest BCUT2D eigenvalue weighted by Gasteiger charge is -2.40. The van der Waals surface area contributed by atoms with Crippen LogP contribution in [-0.2, 0) is 4.74 Å². The lowest BCUT2D eigenvalue weighted by molar-refractivity contribution is 0.0440. The van der Waals surface area contributed by atoms with Crippen LogP contribution in [0.25, 0.3) is 0 Å². The van der Waals surface area contributed by atoms with Gasteiger partial charge in [0.1, 0.15) is 0 Å². The van der Waals surface area contributed by atoms with Gasteiger partial charge in [-0.1, -0.05) is 0 Å². The predicted molar refractivity (Wildman–Crippen MR) is 89.9 cm³/mol. The Morgan fingerprint density at radius 1 is 1.00 bits per heavy atom. The van der Waals surface area contributed by atoms with Gasteiger partial charge in [-0.2, -0.15) is 0 Å². The molecule has 0 radical (unpaired) electrons. The number of amides is 2. The number of piperidine rings is 1. The van der Waals surface area contributed by atoms with Gasteiger partial charge in [-0.25, -0.2) is 14.8 Å². The van der Waals surface area contributed by atoms with E-state index in [1.54, 1.807) is 12.4 Å². The molecule has 7 heteroatoms. The first-order valence-electron chi connectivity index (χ1n) is 8.89. The van der Waals surface area contributed by atoms with Crippen LogP contribution in [-0.4, -0.2) is 78.3 Å². The minimum absolute atomic E-state index is 0.184. The Morgan fingerprint density at radius 3 is 2.58 bits per heavy atom. The molecule has 1 aromatic rings. The number of carbonyl (C=O) groups is 1. The molecule has 1 aromatic heterocycles. The standard InChI is InChI=1S/C17H25N5O2/c23-16(20-9-11-24-12-10-20)22-8-4-17(14-22)3-1-7-21(13-17)15-18-5-2-6-19-15/h2,5-6H,1,3-4,7-14H2/t17-/m1/s1. The first-order chi connectivity index (χ1) is 11.8. The first kappa shape index (κ1) is 15.6. The van der Waals surface area contributed by atoms with Gasteiger partial charge in [0.05, 0.1) is 13.2 Å². The fraction of sp³-hybridized carbons (Fsp3) is 0.706. The maximum atomic E-state index is 12.7. The molecule has 0 aliphatic carbocycles. The maximum Gasteiger partial charge on any atom is 0.320 e. The number of aromatic nitrogens is 2. The normalized spacial score (nSPS) is 27.8. The van der Waals surface area contributed by atoms with E-state index in [2.05, 4.69) is 14.9 Å². The van der Waals surface area contributed by atoms with Gasteiger partial charge in [0, 0.05) is 57.1 Å². The molecule has 130 valence electrons. The Morgan fingerprint density at radius 2 is 1.79 bits per heavy atom. The van der Waals surface area contributed by atoms with E-state index in [-0.39, 0.29) is 11.4 Å². The first-order valence-corrected chi connectivity index (χ1v) is 8.89. The number of likely N-dealkylation sites (tertiary alicyclic amines) is 1. The quantitative estimate of drug-likeness (QED) is 0.774. The highest BCUT2D eigenvalue weighted by Gasteiger charge is 2.44. The topological polar surface area (TPSA) is 61.8 Å². The third kappa shape index (κ3) is 3.05. The van der Waals surface area contributed by atoms with Crippen LogP contribution in [0.3, 0.4) is 0 Å². The van der Waals surface area contributed by atoms with Crippen molar-refractivity contribution in [2.75, 3.05) is 57.4 Å². The fourth-order valence-electron chi connectivity index (χ4n) is 4.22. The van der Waals surface area contributed by atoms with Gasteiger partial charge >= 0.3 is 6.03 Å². The number of carbonyl (C=O) groups excluding carboxylic acids is 1. The second kappa shape index (κ2) is 6.55. The number of hydrogen-bond donors (Lipinski definition) is 0. The fourth-order valence-corrected chi connectivity index (χ4v) is 4.22. The smallest absolute Gasteiger partial charge is 0.320 e. The van der Waals surface area contributed by atoms with Crippen LogP contribution in [0, 0.1) is 5.41 Å². The van der Waals surface area contributed by atoms with Crippen molar-refractivity contribution in [3.05, 3.63) is 18.5 Å². The molecule has 1 atom stereocenters. The largest absolute Gasteiger partial charge is 0.378 e. The van der Waals surface area contributed by atoms with E-state index in [1.807, 2.05) is 15.9 Å². The summed E-state index contributed by atoms with van der Waals surface area (Å²) in [7, 11) is 0. The van der Waals surface area contributed by atoms with Gasteiger partial charge in [0.25, 0.3) is 0 Å². The molecule has 0 N–H and O–H groups in total. The Labute approximate surface area is 142 Å². The van der Waals surface area contributed by atoms with Crippen LogP contribution in [0.2, 0.25) is 0 Å². The van der Waals surface area contributed by atoms with Gasteiger partial charge in [-0.15, -0.1) is 0 Å². The number of morpholine rings is 1. The number of rotatable bonds is 1. The molecule has 0 bridgehead atoms. The molecule has 3 aliphatic heterocycles. The summed E-state index contributed by atoms with van der Waals surface area (Å²) < 4.78 is 5.35. The molecule has 3 saturated heterocycles. The Hall–Kier alpha value is -1.89. The summed E-state index contributed by atoms with van der Waals surface area (Å²) >= 11 is 0. The summed E-state index contributed by atoms with van der Waals surface area (Å²) in [5.41, 5.74) is 0.194. The zero-order valence-electron chi connectivity index (χ0n) is 14.1. The third-order valence-corrected chi connectivity index (χ3v) is 5.49. The van der Waals surface area contributed by atoms with Gasteiger partial charge in [0.2, 0.25) is 5.95 Å². The van der Waals surface area contributed by atoms with Crippen molar-refractivity contribution in [3.8, 4) is 0 Å². The van der Waals surface area contributed by atoms with E-state index in [0.29, 0.717) is 26.3 Å². The van der Waals surface area contributed by atoms with Crippen LogP contribution in [0.5, 0.6) is 0 Å². The molecule has 3 fully saturated rings. The molecule has 24 heavy (non-hydrogen) atoms. The molecule has 0 saturated carbocycles. The van der Waals surface area contributed by atoms with Crippen molar-refractivity contribution in [1.82, 2.24) is 19.8 Å². The van der Waals surface area contributed by atoms with E-state index < -0.39 is 0 Å². The number of ether oxygens (including phenoxy) is 1. The third-order valence-electron chi connectivity index (χ3n) is 5.49. The molecule has 2 amide bonds. The summed E-state index contributed by atoms with van der Waals surface area (Å²) in [6.07, 6.45) is 6.99. The Kier molecular flexibility index (Phi) is 4.26. The van der Waals surface area contributed by atoms with Crippen LogP contribution in [0.4, 0.5) is 10.7 Å². The zero-order chi connectivity index (χ0) is 16.4. The highest BCUT2D eigenvalue weighted by molar-refractivity contribution is 5.75. The Bertz CT molecular complexity index is 578. The minimum atomic E-state index is 0.184. The van der Waals surface area contributed by atoms with Crippen molar-refractivity contribution in [1.29, 1.82) is 0 Å². The van der Waals surface area contributed by atoms with Crippen LogP contribution >= 0.6 is 0 Å². The molecule has 3 aliphatic rings. The maximum absolute atomic E-state index is 12.7. The van der Waals surface area contributed by atoms with E-state index in [4.69, 9.17) is 4.74 Å². The van der Waals surface area contributed by atoms with Crippen LogP contribution in [0.1, 0.15) is 19.3 Å². The summed E-state index contributed by atoms with van der Waals surface area (Å²) in [4.78, 5) is 27.8. The molecular formula is C17H25N5O2. The average molecular weight is 331 g/mol. The average Bonchev–Trinajstić information content (AvgIpc) is 3.06. The van der Waals surface area contributed by atoms with Gasteiger partial charge in [-0.3, -0.25) is 0 Å². The SMILES string of the molecule is O=C(N1CCOCC1)N1CC[C@@]2(CCCN(c3ncccn3)C2)C1. The van der Waals surface area contributed by atoms with Crippen molar-refractivity contribution >= 4 is 12.0 Å². The molecule has 7 nitrogen and oxygen atoms in total. The van der Waals surface area contributed by atoms with E-state index in [9.17, 15) is 4.79 Å². The molecule has 4 heterocycles. The van der Waals surface area contributed by atoms with E-state index >= 15 is 0 Å². The van der Waals surface area contributed by atoms with Crippen molar-refractivity contribution < 1.29 is 9.53 Å². The molecular weight excluding hydrogens is 306 g/mol. The summed E-state index contributed by atoms with van der Waals surface area (Å²) in [5.74, 6) is 0.814. The number of anilines is 1. The minimum Gasteiger partial charge on any atom is -0.378 e. The zero-order valence-corrected chi connectivity index (χ0v) is 14.1. The highest BCUT2D eigenvalue weighted by Crippen LogP contribution is 2.40. The summed E-state index contributed by atoms with van der Waals surface area (Å²) in [6, 6.07) is 2.03. The number of nitrogens with zero attached hydrogens (tertiary/aromatic N) is 5. The van der Waals surface area contributed by atoms with E-state index in [0.717, 1.165) is 45.0 Å². The van der Waals surface area contributed by atoms with Crippen LogP contribution in [0.15, 0.2) is 18.5 Å². The monoisotopic (exact) mass is 331 g/mol. The predicted octanol–water partition coefficient (Wildman–Crippen LogP) is 1.22. The number of hydrogen-bond acceptors (Lipinski definition) is 5. The summed E-state index contributed by atoms with van der Waals surface area (Å²) in [6.45, 7) is 6.41. The molecule has 0 aromatic carbocycles. The molecule has 1 spiro atoms. The van der Waals surface area contributed by atoms with Gasteiger partial charge in [-0.05, 0) is 25.3 Å². The van der Waals surface area contributed by atoms with Crippen molar-refractivity contribution in [2.24, 2.45) is 5.41 Å². The van der Waals surface area contributed by atoms with Gasteiger partial charge in [0.15, 0.2) is 0 Å². The van der Waals surface area contributed by atoms with E-state index in [1.165, 1.54) is 6.42 Å².